The maximum Gasteiger partial charge on any atom is 0.259 e. The summed E-state index contributed by atoms with van der Waals surface area (Å²) < 4.78 is 0. The first kappa shape index (κ1) is 9.95. The highest BCUT2D eigenvalue weighted by molar-refractivity contribution is 6.36. The van der Waals surface area contributed by atoms with Gasteiger partial charge in [0.05, 0.1) is 11.9 Å². The zero-order chi connectivity index (χ0) is 10.9. The summed E-state index contributed by atoms with van der Waals surface area (Å²) >= 11 is 5.92. The van der Waals surface area contributed by atoms with E-state index < -0.39 is 10.9 Å². The van der Waals surface area contributed by atoms with Gasteiger partial charge in [-0.15, -0.1) is 0 Å². The Morgan fingerprint density at radius 2 is 2.47 bits per heavy atom. The topological polar surface area (TPSA) is 71.2 Å². The summed E-state index contributed by atoms with van der Waals surface area (Å²) in [7, 11) is 0. The molecule has 1 amide bonds. The van der Waals surface area contributed by atoms with Gasteiger partial charge in [-0.05, 0) is 18.2 Å². The Morgan fingerprint density at radius 3 is 3.00 bits per heavy atom. The number of hydrogen-bond acceptors (Lipinski definition) is 4. The molecule has 1 unspecified atom stereocenters. The van der Waals surface area contributed by atoms with Crippen molar-refractivity contribution in [1.82, 2.24) is 10.4 Å². The minimum absolute atomic E-state index is 0.646. The summed E-state index contributed by atoms with van der Waals surface area (Å²) in [6.07, 6.45) is 6.42. The molecule has 0 spiro atoms. The Balaban J connectivity index is 2.19. The number of hydrazine groups is 1. The molecule has 0 saturated heterocycles. The fraction of sp³-hybridized carbons (Fsp3) is 0.111. The molecule has 0 aliphatic carbocycles. The minimum atomic E-state index is -1.35. The maximum absolute atomic E-state index is 11.0. The lowest BCUT2D eigenvalue weighted by atomic mass is 10.3. The number of carbonyl (C=O) groups is 1. The molecule has 0 radical (unpaired) electrons. The SMILES string of the molecule is NC(=O)C1(Cl)C=CN(c2cccnc2)N1. The van der Waals surface area contributed by atoms with Crippen LogP contribution in [0.15, 0.2) is 36.8 Å². The van der Waals surface area contributed by atoms with Crippen molar-refractivity contribution in [3.8, 4) is 0 Å². The molecule has 2 rings (SSSR count). The van der Waals surface area contributed by atoms with E-state index >= 15 is 0 Å². The summed E-state index contributed by atoms with van der Waals surface area (Å²) in [5.41, 5.74) is 8.68. The molecule has 0 aromatic carbocycles. The van der Waals surface area contributed by atoms with Crippen LogP contribution in [0.2, 0.25) is 0 Å². The number of anilines is 1. The fourth-order valence-electron chi connectivity index (χ4n) is 1.21. The van der Waals surface area contributed by atoms with E-state index in [-0.39, 0.29) is 0 Å². The van der Waals surface area contributed by atoms with Gasteiger partial charge in [-0.1, -0.05) is 11.6 Å². The number of nitrogens with two attached hydrogens (primary N) is 1. The van der Waals surface area contributed by atoms with Crippen molar-refractivity contribution in [2.24, 2.45) is 5.73 Å². The molecule has 0 bridgehead atoms. The molecule has 0 saturated carbocycles. The monoisotopic (exact) mass is 224 g/mol. The highest BCUT2D eigenvalue weighted by atomic mass is 35.5. The van der Waals surface area contributed by atoms with Gasteiger partial charge in [-0.2, -0.15) is 5.43 Å². The van der Waals surface area contributed by atoms with Crippen molar-refractivity contribution < 1.29 is 4.79 Å². The quantitative estimate of drug-likeness (QED) is 0.562. The third kappa shape index (κ3) is 1.79. The summed E-state index contributed by atoms with van der Waals surface area (Å²) in [4.78, 5) is 13.6. The second-order valence-corrected chi connectivity index (χ2v) is 3.68. The largest absolute Gasteiger partial charge is 0.367 e. The average Bonchev–Trinajstić information content (AvgIpc) is 2.64. The number of halogens is 1. The molecular weight excluding hydrogens is 216 g/mol. The van der Waals surface area contributed by atoms with Gasteiger partial charge in [0, 0.05) is 12.4 Å². The lowest BCUT2D eigenvalue weighted by molar-refractivity contribution is -0.120. The zero-order valence-electron chi connectivity index (χ0n) is 7.72. The first-order valence-electron chi connectivity index (χ1n) is 4.27. The second-order valence-electron chi connectivity index (χ2n) is 3.08. The van der Waals surface area contributed by atoms with Gasteiger partial charge < -0.3 is 5.73 Å². The summed E-state index contributed by atoms with van der Waals surface area (Å²) in [6, 6.07) is 3.61. The smallest absolute Gasteiger partial charge is 0.259 e. The molecule has 6 heteroatoms. The van der Waals surface area contributed by atoms with Gasteiger partial charge in [0.2, 0.25) is 5.00 Å². The van der Waals surface area contributed by atoms with Gasteiger partial charge >= 0.3 is 0 Å². The maximum atomic E-state index is 11.0. The van der Waals surface area contributed by atoms with E-state index in [0.29, 0.717) is 0 Å². The molecule has 1 aromatic heterocycles. The number of carbonyl (C=O) groups excluding carboxylic acids is 1. The summed E-state index contributed by atoms with van der Waals surface area (Å²) in [5.74, 6) is -0.646. The Bertz CT molecular complexity index is 408. The van der Waals surface area contributed by atoms with Crippen LogP contribution in [-0.4, -0.2) is 15.9 Å². The Kier molecular flexibility index (Phi) is 2.34. The molecule has 1 aromatic rings. The highest BCUT2D eigenvalue weighted by Crippen LogP contribution is 2.23. The fourth-order valence-corrected chi connectivity index (χ4v) is 1.36. The first-order chi connectivity index (χ1) is 7.12. The lowest BCUT2D eigenvalue weighted by Crippen LogP contribution is -2.51. The number of amides is 1. The Morgan fingerprint density at radius 1 is 1.67 bits per heavy atom. The first-order valence-corrected chi connectivity index (χ1v) is 4.65. The van der Waals surface area contributed by atoms with E-state index in [1.807, 2.05) is 6.07 Å². The van der Waals surface area contributed by atoms with Crippen LogP contribution in [0.25, 0.3) is 0 Å². The van der Waals surface area contributed by atoms with Gasteiger partial charge in [0.25, 0.3) is 5.91 Å². The number of nitrogens with one attached hydrogen (secondary N) is 1. The summed E-state index contributed by atoms with van der Waals surface area (Å²) in [6.45, 7) is 0. The average molecular weight is 225 g/mol. The van der Waals surface area contributed by atoms with Crippen LogP contribution in [0.4, 0.5) is 5.69 Å². The molecule has 2 heterocycles. The molecule has 0 fully saturated rings. The van der Waals surface area contributed by atoms with Crippen molar-refractivity contribution in [3.63, 3.8) is 0 Å². The molecule has 1 aliphatic rings. The normalized spacial score (nSPS) is 24.5. The van der Waals surface area contributed by atoms with Crippen LogP contribution in [-0.2, 0) is 4.79 Å². The van der Waals surface area contributed by atoms with E-state index in [9.17, 15) is 4.79 Å². The standard InChI is InChI=1S/C9H9ClN4O/c10-9(8(11)15)3-5-14(13-9)7-2-1-4-12-6-7/h1-6,13H,(H2,11,15). The third-order valence-corrected chi connectivity index (χ3v) is 2.42. The highest BCUT2D eigenvalue weighted by Gasteiger charge is 2.37. The molecule has 1 aliphatic heterocycles. The number of pyridine rings is 1. The molecule has 1 atom stereocenters. The van der Waals surface area contributed by atoms with Crippen LogP contribution in [0.5, 0.6) is 0 Å². The lowest BCUT2D eigenvalue weighted by Gasteiger charge is -2.22. The van der Waals surface area contributed by atoms with Gasteiger partial charge in [0.1, 0.15) is 0 Å². The van der Waals surface area contributed by atoms with Crippen molar-refractivity contribution in [1.29, 1.82) is 0 Å². The van der Waals surface area contributed by atoms with E-state index in [1.165, 1.54) is 6.08 Å². The number of hydrogen-bond donors (Lipinski definition) is 2. The predicted molar refractivity (Wildman–Crippen MR) is 56.8 cm³/mol. The van der Waals surface area contributed by atoms with E-state index in [4.69, 9.17) is 17.3 Å². The van der Waals surface area contributed by atoms with E-state index in [1.54, 1.807) is 29.7 Å². The number of nitrogens with zero attached hydrogens (tertiary/aromatic N) is 2. The zero-order valence-corrected chi connectivity index (χ0v) is 8.48. The Hall–Kier alpha value is -1.59. The van der Waals surface area contributed by atoms with Crippen molar-refractivity contribution in [2.45, 2.75) is 5.00 Å². The van der Waals surface area contributed by atoms with Crippen LogP contribution in [0, 0.1) is 0 Å². The molecule has 15 heavy (non-hydrogen) atoms. The van der Waals surface area contributed by atoms with Crippen LogP contribution < -0.4 is 16.2 Å². The predicted octanol–water partition coefficient (Wildman–Crippen LogP) is 0.340. The number of aromatic nitrogens is 1. The number of rotatable bonds is 2. The van der Waals surface area contributed by atoms with Gasteiger partial charge in [-0.25, -0.2) is 0 Å². The Labute approximate surface area is 91.5 Å². The van der Waals surface area contributed by atoms with Crippen molar-refractivity contribution >= 4 is 23.2 Å². The third-order valence-electron chi connectivity index (χ3n) is 2.02. The summed E-state index contributed by atoms with van der Waals surface area (Å²) in [5, 5.41) is 1.59. The van der Waals surface area contributed by atoms with Crippen LogP contribution >= 0.6 is 11.6 Å². The van der Waals surface area contributed by atoms with Crippen molar-refractivity contribution in [3.05, 3.63) is 36.8 Å². The van der Waals surface area contributed by atoms with E-state index in [2.05, 4.69) is 10.4 Å². The molecule has 3 N–H and O–H groups in total. The number of primary amides is 1. The second kappa shape index (κ2) is 3.52. The minimum Gasteiger partial charge on any atom is -0.367 e. The van der Waals surface area contributed by atoms with Gasteiger partial charge in [-0.3, -0.25) is 14.8 Å². The van der Waals surface area contributed by atoms with E-state index in [0.717, 1.165) is 5.69 Å². The molecule has 5 nitrogen and oxygen atoms in total. The van der Waals surface area contributed by atoms with Crippen LogP contribution in [0.1, 0.15) is 0 Å². The molecule has 78 valence electrons. The molecular formula is C9H9ClN4O. The van der Waals surface area contributed by atoms with Crippen molar-refractivity contribution in [2.75, 3.05) is 5.01 Å². The van der Waals surface area contributed by atoms with Gasteiger partial charge in [0.15, 0.2) is 0 Å². The number of alkyl halides is 1. The van der Waals surface area contributed by atoms with Crippen LogP contribution in [0.3, 0.4) is 0 Å².